The van der Waals surface area contributed by atoms with Crippen LogP contribution in [0.25, 0.3) is 0 Å². The van der Waals surface area contributed by atoms with Crippen molar-refractivity contribution in [2.24, 2.45) is 23.7 Å². The second kappa shape index (κ2) is 14.1. The fraction of sp³-hybridized carbons (Fsp3) is 0.750. The standard InChI is InChI=1S/C32H47F3O2/c1-3-5-7-23-10-15-26(16-11-23)28-18-12-24(20-36-28)21-37-29-19-17-27(30(31(29)33)32(34)35)25-13-8-22(6-4-2)9-14-25/h3,17,19,22-26,28,32H,1,4-16,18,20-21H2,2H3. The zero-order chi connectivity index (χ0) is 26.2. The first kappa shape index (κ1) is 28.5. The molecule has 4 rings (SSSR count). The van der Waals surface area contributed by atoms with Gasteiger partial charge in [0.05, 0.1) is 24.9 Å². The van der Waals surface area contributed by atoms with Gasteiger partial charge in [-0.15, -0.1) is 6.58 Å². The average molecular weight is 521 g/mol. The zero-order valence-electron chi connectivity index (χ0n) is 22.7. The van der Waals surface area contributed by atoms with Gasteiger partial charge in [-0.05, 0) is 99.5 Å². The predicted octanol–water partition coefficient (Wildman–Crippen LogP) is 9.78. The van der Waals surface area contributed by atoms with Crippen LogP contribution in [-0.2, 0) is 4.74 Å². The first-order chi connectivity index (χ1) is 18.0. The molecule has 0 aromatic heterocycles. The normalized spacial score (nSPS) is 30.8. The molecule has 3 fully saturated rings. The summed E-state index contributed by atoms with van der Waals surface area (Å²) in [5, 5.41) is 0. The van der Waals surface area contributed by atoms with Gasteiger partial charge in [0, 0.05) is 5.92 Å². The Bertz CT molecular complexity index is 833. The van der Waals surface area contributed by atoms with E-state index in [1.54, 1.807) is 12.1 Å². The molecule has 208 valence electrons. The molecule has 0 spiro atoms. The van der Waals surface area contributed by atoms with Gasteiger partial charge in [0.15, 0.2) is 11.6 Å². The number of rotatable bonds is 11. The molecule has 1 aromatic rings. The van der Waals surface area contributed by atoms with Crippen molar-refractivity contribution in [2.75, 3.05) is 13.2 Å². The second-order valence-corrected chi connectivity index (χ2v) is 12.0. The van der Waals surface area contributed by atoms with Crippen molar-refractivity contribution < 1.29 is 22.6 Å². The number of benzene rings is 1. The lowest BCUT2D eigenvalue weighted by Gasteiger charge is -2.37. The van der Waals surface area contributed by atoms with Crippen LogP contribution in [0.4, 0.5) is 13.2 Å². The Morgan fingerprint density at radius 1 is 0.946 bits per heavy atom. The third kappa shape index (κ3) is 7.55. The molecule has 5 heteroatoms. The Labute approximate surface area is 222 Å². The van der Waals surface area contributed by atoms with E-state index < -0.39 is 17.8 Å². The van der Waals surface area contributed by atoms with Crippen LogP contribution in [0.3, 0.4) is 0 Å². The lowest BCUT2D eigenvalue weighted by Crippen LogP contribution is -2.35. The molecule has 0 amide bonds. The fourth-order valence-electron chi connectivity index (χ4n) is 7.19. The third-order valence-corrected chi connectivity index (χ3v) is 9.46. The topological polar surface area (TPSA) is 18.5 Å². The lowest BCUT2D eigenvalue weighted by molar-refractivity contribution is -0.0655. The van der Waals surface area contributed by atoms with E-state index in [0.29, 0.717) is 36.7 Å². The first-order valence-electron chi connectivity index (χ1n) is 15.0. The van der Waals surface area contributed by atoms with Crippen molar-refractivity contribution in [1.82, 2.24) is 0 Å². The minimum atomic E-state index is -2.84. The monoisotopic (exact) mass is 520 g/mol. The molecule has 1 heterocycles. The maximum atomic E-state index is 15.3. The smallest absolute Gasteiger partial charge is 0.267 e. The second-order valence-electron chi connectivity index (χ2n) is 12.0. The third-order valence-electron chi connectivity index (χ3n) is 9.46. The van der Waals surface area contributed by atoms with Crippen LogP contribution in [0.2, 0.25) is 0 Å². The van der Waals surface area contributed by atoms with Crippen LogP contribution in [-0.4, -0.2) is 19.3 Å². The molecule has 3 aliphatic rings. The predicted molar refractivity (Wildman–Crippen MR) is 144 cm³/mol. The molecule has 1 saturated heterocycles. The van der Waals surface area contributed by atoms with Gasteiger partial charge < -0.3 is 9.47 Å². The van der Waals surface area contributed by atoms with E-state index in [9.17, 15) is 8.78 Å². The van der Waals surface area contributed by atoms with E-state index in [0.717, 1.165) is 57.3 Å². The molecule has 1 aromatic carbocycles. The number of hydrogen-bond donors (Lipinski definition) is 0. The van der Waals surface area contributed by atoms with Crippen LogP contribution < -0.4 is 4.74 Å². The molecule has 2 aliphatic carbocycles. The van der Waals surface area contributed by atoms with Gasteiger partial charge in [-0.1, -0.05) is 44.7 Å². The lowest BCUT2D eigenvalue weighted by atomic mass is 9.76. The highest BCUT2D eigenvalue weighted by molar-refractivity contribution is 5.40. The van der Waals surface area contributed by atoms with Crippen molar-refractivity contribution in [3.05, 3.63) is 41.7 Å². The molecule has 2 unspecified atom stereocenters. The summed E-state index contributed by atoms with van der Waals surface area (Å²) < 4.78 is 55.3. The zero-order valence-corrected chi connectivity index (χ0v) is 22.7. The SMILES string of the molecule is C=CCCC1CCC(C2CCC(COc3ccc(C4CCC(CCC)CC4)c(C(F)F)c3F)CO2)CC1. The van der Waals surface area contributed by atoms with E-state index in [4.69, 9.17) is 9.47 Å². The van der Waals surface area contributed by atoms with Crippen molar-refractivity contribution in [3.63, 3.8) is 0 Å². The maximum absolute atomic E-state index is 15.3. The summed E-state index contributed by atoms with van der Waals surface area (Å²) in [6.07, 6.45) is 15.0. The van der Waals surface area contributed by atoms with Crippen LogP contribution in [0.5, 0.6) is 5.75 Å². The molecule has 2 nitrogen and oxygen atoms in total. The van der Waals surface area contributed by atoms with Crippen molar-refractivity contribution >= 4 is 0 Å². The van der Waals surface area contributed by atoms with Crippen LogP contribution in [0.1, 0.15) is 120 Å². The number of ether oxygens (including phenoxy) is 2. The van der Waals surface area contributed by atoms with Crippen molar-refractivity contribution in [1.29, 1.82) is 0 Å². The molecule has 0 radical (unpaired) electrons. The van der Waals surface area contributed by atoms with Gasteiger partial charge in [0.25, 0.3) is 6.43 Å². The summed E-state index contributed by atoms with van der Waals surface area (Å²) in [6.45, 7) is 6.93. The molecule has 2 saturated carbocycles. The van der Waals surface area contributed by atoms with Crippen LogP contribution in [0.15, 0.2) is 24.8 Å². The summed E-state index contributed by atoms with van der Waals surface area (Å²) in [5.74, 6) is 1.42. The van der Waals surface area contributed by atoms with Gasteiger partial charge in [-0.2, -0.15) is 0 Å². The van der Waals surface area contributed by atoms with Gasteiger partial charge in [-0.3, -0.25) is 0 Å². The van der Waals surface area contributed by atoms with Gasteiger partial charge in [-0.25, -0.2) is 13.2 Å². The highest BCUT2D eigenvalue weighted by Crippen LogP contribution is 2.43. The Morgan fingerprint density at radius 2 is 1.62 bits per heavy atom. The molecule has 0 N–H and O–H groups in total. The summed E-state index contributed by atoms with van der Waals surface area (Å²) in [7, 11) is 0. The van der Waals surface area contributed by atoms with E-state index in [1.165, 1.54) is 38.5 Å². The van der Waals surface area contributed by atoms with Gasteiger partial charge in [0.2, 0.25) is 0 Å². The van der Waals surface area contributed by atoms with Crippen molar-refractivity contribution in [3.8, 4) is 5.75 Å². The minimum absolute atomic E-state index is 0.0152. The van der Waals surface area contributed by atoms with Crippen molar-refractivity contribution in [2.45, 2.75) is 115 Å². The average Bonchev–Trinajstić information content (AvgIpc) is 2.92. The Balaban J connectivity index is 1.27. The molecule has 1 aliphatic heterocycles. The van der Waals surface area contributed by atoms with Gasteiger partial charge in [0.1, 0.15) is 0 Å². The quantitative estimate of drug-likeness (QED) is 0.270. The molecule has 0 bridgehead atoms. The molecule has 2 atom stereocenters. The van der Waals surface area contributed by atoms with E-state index >= 15 is 4.39 Å². The van der Waals surface area contributed by atoms with E-state index in [1.807, 2.05) is 6.08 Å². The van der Waals surface area contributed by atoms with E-state index in [-0.39, 0.29) is 17.6 Å². The highest BCUT2D eigenvalue weighted by Gasteiger charge is 2.33. The number of halogens is 3. The van der Waals surface area contributed by atoms with Crippen LogP contribution in [0, 0.1) is 29.5 Å². The molecular formula is C32H47F3O2. The van der Waals surface area contributed by atoms with E-state index in [2.05, 4.69) is 13.5 Å². The molecular weight excluding hydrogens is 473 g/mol. The Morgan fingerprint density at radius 3 is 2.24 bits per heavy atom. The number of alkyl halides is 2. The molecule has 37 heavy (non-hydrogen) atoms. The summed E-state index contributed by atoms with van der Waals surface area (Å²) >= 11 is 0. The Kier molecular flexibility index (Phi) is 10.8. The summed E-state index contributed by atoms with van der Waals surface area (Å²) in [5.41, 5.74) is 0.0398. The minimum Gasteiger partial charge on any atom is -0.490 e. The number of hydrogen-bond acceptors (Lipinski definition) is 2. The fourth-order valence-corrected chi connectivity index (χ4v) is 7.19. The largest absolute Gasteiger partial charge is 0.490 e. The summed E-state index contributed by atoms with van der Waals surface area (Å²) in [6, 6.07) is 3.27. The first-order valence-corrected chi connectivity index (χ1v) is 15.0. The summed E-state index contributed by atoms with van der Waals surface area (Å²) in [4.78, 5) is 0. The number of allylic oxidation sites excluding steroid dienone is 1. The highest BCUT2D eigenvalue weighted by atomic mass is 19.3. The van der Waals surface area contributed by atoms with Gasteiger partial charge >= 0.3 is 0 Å². The van der Waals surface area contributed by atoms with Crippen LogP contribution >= 0.6 is 0 Å². The maximum Gasteiger partial charge on any atom is 0.267 e. The Hall–Kier alpha value is -1.49.